The van der Waals surface area contributed by atoms with E-state index in [0.29, 0.717) is 0 Å². The highest BCUT2D eigenvalue weighted by Gasteiger charge is 2.29. The largest absolute Gasteiger partial charge is 0.465 e. The lowest BCUT2D eigenvalue weighted by Crippen LogP contribution is -2.47. The van der Waals surface area contributed by atoms with Gasteiger partial charge in [-0.05, 0) is 72.2 Å². The van der Waals surface area contributed by atoms with Crippen LogP contribution in [0.1, 0.15) is 49.0 Å². The molecule has 0 bridgehead atoms. The number of hydrogen-bond acceptors (Lipinski definition) is 5. The normalized spacial score (nSPS) is 17.5. The summed E-state index contributed by atoms with van der Waals surface area (Å²) in [7, 11) is 1.30. The number of carbonyl (C=O) groups excluding carboxylic acids is 1. The maximum Gasteiger partial charge on any atom is 0.341 e. The number of para-hydroxylation sites is 1. The minimum atomic E-state index is -0.606. The lowest BCUT2D eigenvalue weighted by atomic mass is 9.72. The fraction of sp³-hybridized carbons (Fsp3) is 0.364. The van der Waals surface area contributed by atoms with Gasteiger partial charge < -0.3 is 14.4 Å². The molecule has 3 aromatic rings. The first-order valence-electron chi connectivity index (χ1n) is 13.9. The molecule has 1 saturated heterocycles. The van der Waals surface area contributed by atoms with Gasteiger partial charge >= 0.3 is 5.97 Å². The third-order valence-electron chi connectivity index (χ3n) is 8.03. The zero-order valence-corrected chi connectivity index (χ0v) is 25.2. The maximum atomic E-state index is 14.5. The molecule has 41 heavy (non-hydrogen) atoms. The molecular weight excluding hydrogens is 562 g/mol. The van der Waals surface area contributed by atoms with Crippen LogP contribution in [-0.4, -0.2) is 50.7 Å². The minimum absolute atomic E-state index is 0.123. The summed E-state index contributed by atoms with van der Waals surface area (Å²) in [6, 6.07) is 17.8. The van der Waals surface area contributed by atoms with Crippen molar-refractivity contribution in [3.05, 3.63) is 93.2 Å². The third-order valence-corrected chi connectivity index (χ3v) is 8.58. The van der Waals surface area contributed by atoms with Crippen molar-refractivity contribution in [1.82, 2.24) is 4.90 Å². The number of nitrogens with zero attached hydrogens (tertiary/aromatic N) is 2. The molecule has 1 aliphatic carbocycles. The fourth-order valence-corrected chi connectivity index (χ4v) is 5.99. The number of rotatable bonds is 7. The van der Waals surface area contributed by atoms with Crippen molar-refractivity contribution in [2.75, 3.05) is 44.7 Å². The van der Waals surface area contributed by atoms with Gasteiger partial charge in [0.2, 0.25) is 0 Å². The van der Waals surface area contributed by atoms with E-state index >= 15 is 0 Å². The van der Waals surface area contributed by atoms with Gasteiger partial charge in [-0.1, -0.05) is 60.8 Å². The van der Waals surface area contributed by atoms with Crippen LogP contribution < -0.4 is 9.64 Å². The van der Waals surface area contributed by atoms with E-state index in [9.17, 15) is 9.18 Å². The van der Waals surface area contributed by atoms with E-state index in [1.54, 1.807) is 18.2 Å². The first kappa shape index (κ1) is 29.4. The molecule has 216 valence electrons. The maximum absolute atomic E-state index is 14.5. The van der Waals surface area contributed by atoms with Gasteiger partial charge in [-0.2, -0.15) is 0 Å². The van der Waals surface area contributed by atoms with Crippen LogP contribution in [0.25, 0.3) is 5.57 Å². The number of anilines is 1. The Morgan fingerprint density at radius 2 is 1.73 bits per heavy atom. The van der Waals surface area contributed by atoms with Crippen LogP contribution in [0.3, 0.4) is 0 Å². The van der Waals surface area contributed by atoms with Gasteiger partial charge in [-0.3, -0.25) is 4.90 Å². The second-order valence-corrected chi connectivity index (χ2v) is 12.4. The molecule has 8 heteroatoms. The predicted octanol–water partition coefficient (Wildman–Crippen LogP) is 8.50. The molecule has 0 amide bonds. The number of piperazine rings is 1. The standard InChI is InChI=1S/C33H35Cl2FN2O3/c1-33(2)14-13-23(27(20-33)22-7-9-24(34)10-8-22)21-37-15-17-38(18-16-37)25-11-12-26(32(39)40-3)30(19-25)41-31-28(35)5-4-6-29(31)36/h4-12,19H,13-18,20-21H2,1-3H3. The highest BCUT2D eigenvalue weighted by Crippen LogP contribution is 2.43. The molecule has 0 N–H and O–H groups in total. The average Bonchev–Trinajstić information content (AvgIpc) is 2.96. The smallest absolute Gasteiger partial charge is 0.341 e. The first-order valence-corrected chi connectivity index (χ1v) is 14.7. The molecular formula is C33H35Cl2FN2O3. The van der Waals surface area contributed by atoms with E-state index in [0.717, 1.165) is 56.3 Å². The molecule has 0 aromatic heterocycles. The fourth-order valence-electron chi connectivity index (χ4n) is 5.66. The molecule has 0 spiro atoms. The van der Waals surface area contributed by atoms with Crippen LogP contribution in [-0.2, 0) is 4.74 Å². The van der Waals surface area contributed by atoms with Gasteiger partial charge in [0, 0.05) is 49.5 Å². The Hall–Kier alpha value is -3.06. The van der Waals surface area contributed by atoms with Crippen molar-refractivity contribution in [2.24, 2.45) is 5.41 Å². The third kappa shape index (κ3) is 6.88. The van der Waals surface area contributed by atoms with E-state index in [1.165, 1.54) is 42.4 Å². The summed E-state index contributed by atoms with van der Waals surface area (Å²) in [6.07, 6.45) is 3.34. The van der Waals surface area contributed by atoms with E-state index < -0.39 is 11.8 Å². The number of esters is 1. The number of carbonyl (C=O) groups is 1. The summed E-state index contributed by atoms with van der Waals surface area (Å²) in [5.74, 6) is -1.09. The molecule has 0 atom stereocenters. The van der Waals surface area contributed by atoms with Gasteiger partial charge in [0.25, 0.3) is 0 Å². The van der Waals surface area contributed by atoms with Crippen LogP contribution in [0.2, 0.25) is 10.0 Å². The number of ether oxygens (including phenoxy) is 2. The van der Waals surface area contributed by atoms with Crippen molar-refractivity contribution >= 4 is 40.4 Å². The second-order valence-electron chi connectivity index (χ2n) is 11.5. The van der Waals surface area contributed by atoms with E-state index in [-0.39, 0.29) is 27.5 Å². The summed E-state index contributed by atoms with van der Waals surface area (Å²) < 4.78 is 25.3. The number of benzene rings is 3. The van der Waals surface area contributed by atoms with Crippen molar-refractivity contribution in [3.63, 3.8) is 0 Å². The number of hydrogen-bond donors (Lipinski definition) is 0. The molecule has 0 unspecified atom stereocenters. The minimum Gasteiger partial charge on any atom is -0.465 e. The lowest BCUT2D eigenvalue weighted by molar-refractivity contribution is 0.0598. The van der Waals surface area contributed by atoms with Gasteiger partial charge in [0.05, 0.1) is 12.1 Å². The van der Waals surface area contributed by atoms with Crippen LogP contribution in [0, 0.1) is 11.2 Å². The monoisotopic (exact) mass is 596 g/mol. The van der Waals surface area contributed by atoms with Crippen molar-refractivity contribution in [2.45, 2.75) is 33.1 Å². The summed E-state index contributed by atoms with van der Waals surface area (Å²) in [4.78, 5) is 17.2. The Labute approximate surface area is 251 Å². The Balaban J connectivity index is 1.32. The number of methoxy groups -OCH3 is 1. The molecule has 5 rings (SSSR count). The zero-order valence-electron chi connectivity index (χ0n) is 23.7. The quantitative estimate of drug-likeness (QED) is 0.256. The van der Waals surface area contributed by atoms with E-state index in [1.807, 2.05) is 18.2 Å². The Morgan fingerprint density at radius 1 is 1.00 bits per heavy atom. The lowest BCUT2D eigenvalue weighted by Gasteiger charge is -2.39. The van der Waals surface area contributed by atoms with Crippen LogP contribution in [0.4, 0.5) is 10.1 Å². The molecule has 1 fully saturated rings. The SMILES string of the molecule is COC(=O)c1ccc(N2CCN(CC3=C(c4ccc(Cl)cc4)CC(C)(C)CC3)CC2)cc1Oc1c(F)cccc1Cl. The molecule has 0 radical (unpaired) electrons. The van der Waals surface area contributed by atoms with E-state index in [2.05, 4.69) is 35.8 Å². The van der Waals surface area contributed by atoms with Crippen molar-refractivity contribution in [3.8, 4) is 11.5 Å². The predicted molar refractivity (Wildman–Crippen MR) is 164 cm³/mol. The Bertz CT molecular complexity index is 1430. The zero-order chi connectivity index (χ0) is 29.1. The Kier molecular flexibility index (Phi) is 8.93. The molecule has 5 nitrogen and oxygen atoms in total. The van der Waals surface area contributed by atoms with Crippen LogP contribution in [0.15, 0.2) is 66.2 Å². The Morgan fingerprint density at radius 3 is 2.41 bits per heavy atom. The van der Waals surface area contributed by atoms with Crippen molar-refractivity contribution in [1.29, 1.82) is 0 Å². The summed E-state index contributed by atoms with van der Waals surface area (Å²) >= 11 is 12.4. The topological polar surface area (TPSA) is 42.0 Å². The average molecular weight is 598 g/mol. The van der Waals surface area contributed by atoms with Gasteiger partial charge in [-0.25, -0.2) is 9.18 Å². The van der Waals surface area contributed by atoms with Crippen LogP contribution >= 0.6 is 23.2 Å². The van der Waals surface area contributed by atoms with Crippen LogP contribution in [0.5, 0.6) is 11.5 Å². The molecule has 2 aliphatic rings. The molecule has 0 saturated carbocycles. The summed E-state index contributed by atoms with van der Waals surface area (Å²) in [5, 5.41) is 0.880. The highest BCUT2D eigenvalue weighted by molar-refractivity contribution is 6.32. The molecule has 3 aromatic carbocycles. The summed E-state index contributed by atoms with van der Waals surface area (Å²) in [5.41, 5.74) is 5.60. The molecule has 1 heterocycles. The number of allylic oxidation sites excluding steroid dienone is 1. The summed E-state index contributed by atoms with van der Waals surface area (Å²) in [6.45, 7) is 9.07. The first-order chi connectivity index (χ1) is 19.6. The highest BCUT2D eigenvalue weighted by atomic mass is 35.5. The molecule has 1 aliphatic heterocycles. The van der Waals surface area contributed by atoms with Crippen molar-refractivity contribution < 1.29 is 18.7 Å². The van der Waals surface area contributed by atoms with Gasteiger partial charge in [0.15, 0.2) is 11.6 Å². The second kappa shape index (κ2) is 12.4. The van der Waals surface area contributed by atoms with E-state index in [4.69, 9.17) is 32.7 Å². The van der Waals surface area contributed by atoms with Gasteiger partial charge in [0.1, 0.15) is 11.3 Å². The number of halogens is 3. The van der Waals surface area contributed by atoms with Gasteiger partial charge in [-0.15, -0.1) is 0 Å².